The second-order valence-electron chi connectivity index (χ2n) is 7.77. The third-order valence-electron chi connectivity index (χ3n) is 6.09. The van der Waals surface area contributed by atoms with Crippen molar-refractivity contribution in [3.05, 3.63) is 23.5 Å². The van der Waals surface area contributed by atoms with Gasteiger partial charge in [-0.1, -0.05) is 0 Å². The Hall–Kier alpha value is -1.88. The molecule has 1 aromatic rings. The van der Waals surface area contributed by atoms with Crippen LogP contribution in [0.4, 0.5) is 0 Å². The smallest absolute Gasteiger partial charge is 0.230 e. The van der Waals surface area contributed by atoms with Crippen LogP contribution in [-0.2, 0) is 16.1 Å². The number of hydrogen-bond acceptors (Lipinski definition) is 5. The highest BCUT2D eigenvalue weighted by Gasteiger charge is 2.50. The van der Waals surface area contributed by atoms with Gasteiger partial charge in [-0.15, -0.1) is 0 Å². The highest BCUT2D eigenvalue weighted by atomic mass is 16.5. The van der Waals surface area contributed by atoms with Crippen molar-refractivity contribution in [2.24, 2.45) is 5.41 Å². The molecule has 4 heterocycles. The van der Waals surface area contributed by atoms with Gasteiger partial charge in [0.2, 0.25) is 5.91 Å². The van der Waals surface area contributed by atoms with Gasteiger partial charge in [-0.3, -0.25) is 14.6 Å². The molecular formula is C19H27N5O2. The Bertz CT molecular complexity index is 690. The number of H-pyrrole nitrogens is 1. The molecule has 3 saturated heterocycles. The van der Waals surface area contributed by atoms with E-state index in [0.717, 1.165) is 84.0 Å². The van der Waals surface area contributed by atoms with E-state index >= 15 is 0 Å². The van der Waals surface area contributed by atoms with Crippen LogP contribution in [0.1, 0.15) is 24.1 Å². The number of likely N-dealkylation sites (tertiary alicyclic amines) is 2. The Morgan fingerprint density at radius 1 is 1.15 bits per heavy atom. The van der Waals surface area contributed by atoms with E-state index in [9.17, 15) is 4.79 Å². The summed E-state index contributed by atoms with van der Waals surface area (Å²) in [5.74, 6) is 0.347. The zero-order valence-electron chi connectivity index (χ0n) is 15.2. The second kappa shape index (κ2) is 7.39. The molecule has 0 saturated carbocycles. The van der Waals surface area contributed by atoms with E-state index < -0.39 is 0 Å². The average molecular weight is 357 g/mol. The molecule has 1 N–H and O–H groups in total. The first-order chi connectivity index (χ1) is 12.7. The number of hydrogen-bond donors (Lipinski definition) is 1. The molecule has 0 aliphatic carbocycles. The minimum atomic E-state index is -0.181. The minimum absolute atomic E-state index is 0.181. The van der Waals surface area contributed by atoms with E-state index in [4.69, 9.17) is 10.00 Å². The van der Waals surface area contributed by atoms with Crippen molar-refractivity contribution in [2.75, 3.05) is 59.0 Å². The van der Waals surface area contributed by atoms with Crippen molar-refractivity contribution in [3.63, 3.8) is 0 Å². The number of carbonyl (C=O) groups is 1. The van der Waals surface area contributed by atoms with E-state index in [1.165, 1.54) is 0 Å². The third kappa shape index (κ3) is 3.50. The molecule has 3 aliphatic heterocycles. The lowest BCUT2D eigenvalue weighted by atomic mass is 9.85. The predicted molar refractivity (Wildman–Crippen MR) is 96.3 cm³/mol. The molecule has 1 amide bonds. The molecule has 140 valence electrons. The summed E-state index contributed by atoms with van der Waals surface area (Å²) in [4.78, 5) is 22.9. The van der Waals surface area contributed by atoms with Crippen LogP contribution in [-0.4, -0.2) is 84.6 Å². The normalized spacial score (nSPS) is 27.5. The number of amides is 1. The summed E-state index contributed by atoms with van der Waals surface area (Å²) >= 11 is 0. The molecule has 7 nitrogen and oxygen atoms in total. The molecule has 1 unspecified atom stereocenters. The van der Waals surface area contributed by atoms with E-state index in [0.29, 0.717) is 11.6 Å². The molecule has 26 heavy (non-hydrogen) atoms. The highest BCUT2D eigenvalue weighted by Crippen LogP contribution is 2.41. The van der Waals surface area contributed by atoms with Crippen molar-refractivity contribution >= 4 is 5.91 Å². The quantitative estimate of drug-likeness (QED) is 0.837. The van der Waals surface area contributed by atoms with E-state index in [1.807, 2.05) is 12.3 Å². The van der Waals surface area contributed by atoms with Crippen LogP contribution in [0.5, 0.6) is 0 Å². The first-order valence-electron chi connectivity index (χ1n) is 9.58. The Kier molecular flexibility index (Phi) is 4.98. The summed E-state index contributed by atoms with van der Waals surface area (Å²) in [6, 6.07) is 4.03. The minimum Gasteiger partial charge on any atom is -0.379 e. The molecule has 3 aliphatic rings. The van der Waals surface area contributed by atoms with Gasteiger partial charge in [0.05, 0.1) is 18.6 Å². The summed E-state index contributed by atoms with van der Waals surface area (Å²) in [6.45, 7) is 8.84. The van der Waals surface area contributed by atoms with Gasteiger partial charge in [-0.2, -0.15) is 5.26 Å². The van der Waals surface area contributed by atoms with Gasteiger partial charge in [0, 0.05) is 52.0 Å². The summed E-state index contributed by atoms with van der Waals surface area (Å²) in [6.07, 6.45) is 3.83. The van der Waals surface area contributed by atoms with Gasteiger partial charge in [0.25, 0.3) is 0 Å². The largest absolute Gasteiger partial charge is 0.379 e. The number of morpholine rings is 1. The number of nitrogens with one attached hydrogen (secondary N) is 1. The molecule has 4 rings (SSSR count). The number of nitrogens with zero attached hydrogens (tertiary/aromatic N) is 4. The van der Waals surface area contributed by atoms with Gasteiger partial charge in [-0.25, -0.2) is 0 Å². The molecule has 7 heteroatoms. The number of carbonyl (C=O) groups excluding carboxylic acids is 1. The Morgan fingerprint density at radius 3 is 2.73 bits per heavy atom. The first-order valence-corrected chi connectivity index (χ1v) is 9.58. The molecule has 1 aromatic heterocycles. The first kappa shape index (κ1) is 17.5. The number of aromatic amines is 1. The van der Waals surface area contributed by atoms with Crippen molar-refractivity contribution in [1.29, 1.82) is 5.26 Å². The second-order valence-corrected chi connectivity index (χ2v) is 7.77. The maximum absolute atomic E-state index is 13.1. The zero-order chi connectivity index (χ0) is 18.0. The number of nitriles is 1. The molecule has 3 fully saturated rings. The van der Waals surface area contributed by atoms with E-state index in [2.05, 4.69) is 25.8 Å². The van der Waals surface area contributed by atoms with Crippen LogP contribution < -0.4 is 0 Å². The fourth-order valence-electron chi connectivity index (χ4n) is 4.52. The molecule has 0 bridgehead atoms. The average Bonchev–Trinajstić information content (AvgIpc) is 3.37. The van der Waals surface area contributed by atoms with Crippen LogP contribution in [0.25, 0.3) is 0 Å². The maximum Gasteiger partial charge on any atom is 0.230 e. The molecule has 1 spiro atoms. The molecule has 0 radical (unpaired) electrons. The fraction of sp³-hybridized carbons (Fsp3) is 0.684. The molecule has 0 aromatic carbocycles. The van der Waals surface area contributed by atoms with Crippen LogP contribution in [0, 0.1) is 16.7 Å². The summed E-state index contributed by atoms with van der Waals surface area (Å²) in [7, 11) is 0. The SMILES string of the molecule is N#Cc1cc(CN2CCC3(CCN(CCN4CCOCC4)C3=O)C2)c[nH]1. The van der Waals surface area contributed by atoms with Crippen LogP contribution in [0.3, 0.4) is 0 Å². The summed E-state index contributed by atoms with van der Waals surface area (Å²) in [5.41, 5.74) is 1.53. The van der Waals surface area contributed by atoms with Crippen LogP contribution in [0.15, 0.2) is 12.3 Å². The molecule has 1 atom stereocenters. The number of ether oxygens (including phenoxy) is 1. The lowest BCUT2D eigenvalue weighted by molar-refractivity contribution is -0.135. The van der Waals surface area contributed by atoms with Gasteiger partial charge in [0.15, 0.2) is 0 Å². The zero-order valence-corrected chi connectivity index (χ0v) is 15.2. The van der Waals surface area contributed by atoms with Gasteiger partial charge >= 0.3 is 0 Å². The lowest BCUT2D eigenvalue weighted by Gasteiger charge is -2.29. The highest BCUT2D eigenvalue weighted by molar-refractivity contribution is 5.85. The monoisotopic (exact) mass is 357 g/mol. The standard InChI is InChI=1S/C19H27N5O2/c20-12-17-11-16(13-21-17)14-23-3-1-19(15-23)2-4-24(18(19)25)6-5-22-7-9-26-10-8-22/h11,13,21H,1-10,14-15H2. The third-order valence-corrected chi connectivity index (χ3v) is 6.09. The van der Waals surface area contributed by atoms with Crippen molar-refractivity contribution in [2.45, 2.75) is 19.4 Å². The molecular weight excluding hydrogens is 330 g/mol. The van der Waals surface area contributed by atoms with Crippen molar-refractivity contribution in [3.8, 4) is 6.07 Å². The van der Waals surface area contributed by atoms with Crippen molar-refractivity contribution in [1.82, 2.24) is 19.7 Å². The van der Waals surface area contributed by atoms with E-state index in [-0.39, 0.29) is 5.41 Å². The number of rotatable bonds is 5. The summed E-state index contributed by atoms with van der Waals surface area (Å²) < 4.78 is 5.39. The topological polar surface area (TPSA) is 75.6 Å². The lowest BCUT2D eigenvalue weighted by Crippen LogP contribution is -2.43. The fourth-order valence-corrected chi connectivity index (χ4v) is 4.52. The Labute approximate surface area is 154 Å². The van der Waals surface area contributed by atoms with Crippen LogP contribution in [0.2, 0.25) is 0 Å². The van der Waals surface area contributed by atoms with Crippen molar-refractivity contribution < 1.29 is 9.53 Å². The van der Waals surface area contributed by atoms with Crippen LogP contribution >= 0.6 is 0 Å². The predicted octanol–water partition coefficient (Wildman–Crippen LogP) is 0.643. The maximum atomic E-state index is 13.1. The van der Waals surface area contributed by atoms with Gasteiger partial charge < -0.3 is 14.6 Å². The van der Waals surface area contributed by atoms with E-state index in [1.54, 1.807) is 0 Å². The van der Waals surface area contributed by atoms with Gasteiger partial charge in [-0.05, 0) is 31.0 Å². The Balaban J connectivity index is 1.30. The number of aromatic nitrogens is 1. The Morgan fingerprint density at radius 2 is 1.96 bits per heavy atom. The summed E-state index contributed by atoms with van der Waals surface area (Å²) in [5, 5.41) is 8.93. The van der Waals surface area contributed by atoms with Gasteiger partial charge in [0.1, 0.15) is 11.8 Å².